The Morgan fingerprint density at radius 1 is 1.39 bits per heavy atom. The summed E-state index contributed by atoms with van der Waals surface area (Å²) < 4.78 is 27.1. The van der Waals surface area contributed by atoms with E-state index in [1.165, 1.54) is 8.61 Å². The average molecular weight is 336 g/mol. The Labute approximate surface area is 135 Å². The molecule has 23 heavy (non-hydrogen) atoms. The van der Waals surface area contributed by atoms with E-state index in [0.29, 0.717) is 19.5 Å². The van der Waals surface area contributed by atoms with Gasteiger partial charge in [-0.1, -0.05) is 0 Å². The van der Waals surface area contributed by atoms with Crippen LogP contribution in [0.25, 0.3) is 11.4 Å². The van der Waals surface area contributed by atoms with E-state index in [2.05, 4.69) is 20.2 Å². The van der Waals surface area contributed by atoms with Crippen LogP contribution in [0.15, 0.2) is 24.7 Å². The number of aromatic amines is 1. The van der Waals surface area contributed by atoms with Crippen LogP contribution in [0, 0.1) is 5.92 Å². The number of rotatable bonds is 5. The van der Waals surface area contributed by atoms with E-state index in [1.807, 2.05) is 6.07 Å². The number of aromatic nitrogens is 4. The molecular formula is C14H20N6O2S. The quantitative estimate of drug-likeness (QED) is 0.860. The molecule has 1 atom stereocenters. The van der Waals surface area contributed by atoms with Gasteiger partial charge in [-0.05, 0) is 24.8 Å². The first-order valence-corrected chi connectivity index (χ1v) is 8.85. The average Bonchev–Trinajstić information content (AvgIpc) is 3.19. The largest absolute Gasteiger partial charge is 0.281 e. The van der Waals surface area contributed by atoms with Gasteiger partial charge in [0.1, 0.15) is 5.69 Å². The first kappa shape index (κ1) is 16.0. The molecule has 1 N–H and O–H groups in total. The number of nitrogens with one attached hydrogen (secondary N) is 1. The lowest BCUT2D eigenvalue weighted by molar-refractivity contribution is 0.409. The topological polar surface area (TPSA) is 95.1 Å². The van der Waals surface area contributed by atoms with Crippen molar-refractivity contribution in [2.75, 3.05) is 27.2 Å². The highest BCUT2D eigenvalue weighted by atomic mass is 32.2. The number of hydrogen-bond donors (Lipinski definition) is 1. The second kappa shape index (κ2) is 6.34. The standard InChI is InChI=1S/C14H20N6O2S/c1-19(2)23(21,22)20-6-4-11(10-20)7-12-8-15-9-14(17-12)13-3-5-16-18-13/h3,5,8-9,11H,4,6-7,10H2,1-2H3,(H,16,18)/t11-/m1/s1. The van der Waals surface area contributed by atoms with Crippen LogP contribution in [-0.4, -0.2) is 64.4 Å². The smallest absolute Gasteiger partial charge is 0.276 e. The Bertz CT molecular complexity index is 759. The van der Waals surface area contributed by atoms with Crippen LogP contribution in [0.5, 0.6) is 0 Å². The molecule has 0 bridgehead atoms. The molecule has 3 rings (SSSR count). The van der Waals surface area contributed by atoms with Crippen molar-refractivity contribution in [3.8, 4) is 11.4 Å². The molecule has 0 aliphatic carbocycles. The highest BCUT2D eigenvalue weighted by molar-refractivity contribution is 7.86. The highest BCUT2D eigenvalue weighted by Crippen LogP contribution is 2.24. The summed E-state index contributed by atoms with van der Waals surface area (Å²) in [5.74, 6) is 0.260. The van der Waals surface area contributed by atoms with E-state index < -0.39 is 10.2 Å². The molecule has 0 radical (unpaired) electrons. The zero-order valence-corrected chi connectivity index (χ0v) is 14.0. The van der Waals surface area contributed by atoms with Gasteiger partial charge in [0.15, 0.2) is 0 Å². The Kier molecular flexibility index (Phi) is 4.42. The summed E-state index contributed by atoms with van der Waals surface area (Å²) in [5, 5.41) is 6.78. The van der Waals surface area contributed by atoms with Crippen LogP contribution >= 0.6 is 0 Å². The van der Waals surface area contributed by atoms with E-state index in [1.54, 1.807) is 32.7 Å². The molecule has 0 unspecified atom stereocenters. The number of hydrogen-bond acceptors (Lipinski definition) is 5. The minimum atomic E-state index is -3.33. The van der Waals surface area contributed by atoms with Crippen molar-refractivity contribution < 1.29 is 8.42 Å². The highest BCUT2D eigenvalue weighted by Gasteiger charge is 2.32. The zero-order chi connectivity index (χ0) is 16.4. The summed E-state index contributed by atoms with van der Waals surface area (Å²) in [7, 11) is -0.213. The fourth-order valence-electron chi connectivity index (χ4n) is 2.73. The molecule has 1 aliphatic heterocycles. The predicted octanol–water partition coefficient (Wildman–Crippen LogP) is 0.538. The van der Waals surface area contributed by atoms with Crippen molar-refractivity contribution in [2.45, 2.75) is 12.8 Å². The molecule has 0 amide bonds. The first-order valence-electron chi connectivity index (χ1n) is 7.45. The van der Waals surface area contributed by atoms with Crippen LogP contribution in [-0.2, 0) is 16.6 Å². The van der Waals surface area contributed by atoms with Crippen LogP contribution in [0.2, 0.25) is 0 Å². The first-order chi connectivity index (χ1) is 11.0. The maximum Gasteiger partial charge on any atom is 0.281 e. The second-order valence-corrected chi connectivity index (χ2v) is 8.02. The summed E-state index contributed by atoms with van der Waals surface area (Å²) in [6, 6.07) is 1.84. The van der Waals surface area contributed by atoms with Gasteiger partial charge in [0.05, 0.1) is 17.6 Å². The Balaban J connectivity index is 1.68. The Morgan fingerprint density at radius 2 is 2.22 bits per heavy atom. The normalized spacial score (nSPS) is 19.5. The van der Waals surface area contributed by atoms with Crippen molar-refractivity contribution in [3.63, 3.8) is 0 Å². The minimum absolute atomic E-state index is 0.260. The third-order valence-corrected chi connectivity index (χ3v) is 5.90. The maximum absolute atomic E-state index is 12.2. The van der Waals surface area contributed by atoms with Gasteiger partial charge >= 0.3 is 0 Å². The SMILES string of the molecule is CN(C)S(=O)(=O)N1CC[C@H](Cc2cncc(-c3ccn[nH]3)n2)C1. The van der Waals surface area contributed by atoms with Gasteiger partial charge in [0.2, 0.25) is 0 Å². The Hall–Kier alpha value is -1.84. The molecule has 2 aromatic heterocycles. The molecule has 0 spiro atoms. The molecule has 8 nitrogen and oxygen atoms in total. The van der Waals surface area contributed by atoms with Gasteiger partial charge in [0.25, 0.3) is 10.2 Å². The summed E-state index contributed by atoms with van der Waals surface area (Å²) in [6.07, 6.45) is 6.65. The third-order valence-electron chi connectivity index (χ3n) is 4.00. The summed E-state index contributed by atoms with van der Waals surface area (Å²) in [5.41, 5.74) is 2.43. The van der Waals surface area contributed by atoms with Gasteiger partial charge < -0.3 is 0 Å². The van der Waals surface area contributed by atoms with Crippen molar-refractivity contribution in [1.82, 2.24) is 28.8 Å². The zero-order valence-electron chi connectivity index (χ0n) is 13.2. The molecule has 9 heteroatoms. The summed E-state index contributed by atoms with van der Waals surface area (Å²) in [6.45, 7) is 1.08. The summed E-state index contributed by atoms with van der Waals surface area (Å²) >= 11 is 0. The number of nitrogens with zero attached hydrogens (tertiary/aromatic N) is 5. The fourth-order valence-corrected chi connectivity index (χ4v) is 3.93. The lowest BCUT2D eigenvalue weighted by atomic mass is 10.0. The molecular weight excluding hydrogens is 316 g/mol. The molecule has 124 valence electrons. The third kappa shape index (κ3) is 3.41. The summed E-state index contributed by atoms with van der Waals surface area (Å²) in [4.78, 5) is 8.82. The van der Waals surface area contributed by atoms with Crippen LogP contribution in [0.4, 0.5) is 0 Å². The second-order valence-electron chi connectivity index (χ2n) is 5.87. The van der Waals surface area contributed by atoms with Crippen molar-refractivity contribution in [2.24, 2.45) is 5.92 Å². The predicted molar refractivity (Wildman–Crippen MR) is 85.6 cm³/mol. The van der Waals surface area contributed by atoms with Gasteiger partial charge in [-0.2, -0.15) is 22.1 Å². The van der Waals surface area contributed by atoms with Crippen molar-refractivity contribution >= 4 is 10.2 Å². The molecule has 1 saturated heterocycles. The van der Waals surface area contributed by atoms with Gasteiger partial charge in [-0.15, -0.1) is 0 Å². The Morgan fingerprint density at radius 3 is 2.91 bits per heavy atom. The van der Waals surface area contributed by atoms with Crippen molar-refractivity contribution in [1.29, 1.82) is 0 Å². The van der Waals surface area contributed by atoms with E-state index in [4.69, 9.17) is 0 Å². The molecule has 0 saturated carbocycles. The van der Waals surface area contributed by atoms with Gasteiger partial charge in [-0.3, -0.25) is 10.1 Å². The molecule has 3 heterocycles. The molecule has 0 aromatic carbocycles. The maximum atomic E-state index is 12.2. The monoisotopic (exact) mass is 336 g/mol. The van der Waals surface area contributed by atoms with Crippen LogP contribution < -0.4 is 0 Å². The van der Waals surface area contributed by atoms with Crippen LogP contribution in [0.1, 0.15) is 12.1 Å². The molecule has 2 aromatic rings. The molecule has 1 fully saturated rings. The minimum Gasteiger partial charge on any atom is -0.276 e. The fraction of sp³-hybridized carbons (Fsp3) is 0.500. The van der Waals surface area contributed by atoms with Gasteiger partial charge in [0, 0.05) is 39.6 Å². The van der Waals surface area contributed by atoms with Crippen molar-refractivity contribution in [3.05, 3.63) is 30.4 Å². The van der Waals surface area contributed by atoms with E-state index in [9.17, 15) is 8.42 Å². The van der Waals surface area contributed by atoms with E-state index in [0.717, 1.165) is 23.5 Å². The van der Waals surface area contributed by atoms with E-state index >= 15 is 0 Å². The lowest BCUT2D eigenvalue weighted by Gasteiger charge is -2.20. The lowest BCUT2D eigenvalue weighted by Crippen LogP contribution is -2.38. The van der Waals surface area contributed by atoms with E-state index in [-0.39, 0.29) is 5.92 Å². The van der Waals surface area contributed by atoms with Gasteiger partial charge in [-0.25, -0.2) is 4.98 Å². The van der Waals surface area contributed by atoms with Crippen LogP contribution in [0.3, 0.4) is 0 Å². The molecule has 1 aliphatic rings. The number of H-pyrrole nitrogens is 1.